The van der Waals surface area contributed by atoms with Gasteiger partial charge in [-0.1, -0.05) is 12.1 Å². The summed E-state index contributed by atoms with van der Waals surface area (Å²) in [5, 5.41) is 0. The molecule has 2 aliphatic heterocycles. The van der Waals surface area contributed by atoms with Crippen LogP contribution < -0.4 is 10.6 Å². The fourth-order valence-electron chi connectivity index (χ4n) is 6.02. The Bertz CT molecular complexity index is 1440. The Morgan fingerprint density at radius 1 is 1.02 bits per heavy atom. The molecule has 3 heterocycles. The zero-order valence-electron chi connectivity index (χ0n) is 25.2. The summed E-state index contributed by atoms with van der Waals surface area (Å²) in [6, 6.07) is 11.1. The van der Waals surface area contributed by atoms with Crippen LogP contribution in [0.3, 0.4) is 0 Å². The van der Waals surface area contributed by atoms with Crippen LogP contribution in [0.5, 0.6) is 0 Å². The number of carbonyl (C=O) groups is 3. The number of amides is 3. The van der Waals surface area contributed by atoms with Gasteiger partial charge in [-0.3, -0.25) is 24.5 Å². The number of fused-ring (bicyclic) bond motifs is 1. The summed E-state index contributed by atoms with van der Waals surface area (Å²) in [6.07, 6.45) is 7.12. The van der Waals surface area contributed by atoms with E-state index in [1.165, 1.54) is 4.90 Å². The first-order chi connectivity index (χ1) is 20.6. The maximum absolute atomic E-state index is 12.8. The molecule has 3 fully saturated rings. The van der Waals surface area contributed by atoms with Gasteiger partial charge in [-0.05, 0) is 82.6 Å². The molecule has 0 radical (unpaired) electrons. The summed E-state index contributed by atoms with van der Waals surface area (Å²) in [5.41, 5.74) is 10.6. The summed E-state index contributed by atoms with van der Waals surface area (Å²) in [6.45, 7) is 8.49. The Kier molecular flexibility index (Phi) is 7.70. The lowest BCUT2D eigenvalue weighted by atomic mass is 9.80. The topological polar surface area (TPSA) is 121 Å². The van der Waals surface area contributed by atoms with Crippen molar-refractivity contribution >= 4 is 35.4 Å². The van der Waals surface area contributed by atoms with Crippen molar-refractivity contribution in [2.75, 3.05) is 37.6 Å². The predicted octanol–water partition coefficient (Wildman–Crippen LogP) is 4.36. The largest absolute Gasteiger partial charge is 0.444 e. The van der Waals surface area contributed by atoms with Gasteiger partial charge in [-0.25, -0.2) is 4.79 Å². The van der Waals surface area contributed by atoms with Crippen LogP contribution >= 0.6 is 0 Å². The molecule has 0 spiro atoms. The quantitative estimate of drug-likeness (QED) is 0.379. The van der Waals surface area contributed by atoms with E-state index in [0.717, 1.165) is 48.3 Å². The Morgan fingerprint density at radius 3 is 2.28 bits per heavy atom. The van der Waals surface area contributed by atoms with E-state index >= 15 is 0 Å². The number of rotatable bonds is 7. The molecule has 2 aromatic rings. The highest BCUT2D eigenvalue weighted by Gasteiger charge is 2.39. The van der Waals surface area contributed by atoms with Crippen molar-refractivity contribution in [2.24, 2.45) is 22.6 Å². The minimum absolute atomic E-state index is 0.103. The molecule has 6 rings (SSSR count). The predicted molar refractivity (Wildman–Crippen MR) is 165 cm³/mol. The van der Waals surface area contributed by atoms with E-state index in [9.17, 15) is 14.4 Å². The van der Waals surface area contributed by atoms with Gasteiger partial charge in [-0.2, -0.15) is 0 Å². The molecular weight excluding hydrogens is 544 g/mol. The van der Waals surface area contributed by atoms with Crippen LogP contribution in [0.25, 0.3) is 5.57 Å². The van der Waals surface area contributed by atoms with Crippen LogP contribution in [0, 0.1) is 11.8 Å². The highest BCUT2D eigenvalue weighted by atomic mass is 16.6. The first-order valence-corrected chi connectivity index (χ1v) is 15.3. The van der Waals surface area contributed by atoms with Gasteiger partial charge in [0.2, 0.25) is 0 Å². The SMILES string of the molecule is CC(C)(C)OC(=O)N1CCN(c2cccnc2C(C=NC2CC(CN3C(=O)c4ccccc4C3=O)C2)=C(N)C2CC2)CC1. The minimum Gasteiger partial charge on any atom is -0.444 e. The molecule has 0 atom stereocenters. The van der Waals surface area contributed by atoms with Crippen molar-refractivity contribution < 1.29 is 19.1 Å². The Hall–Kier alpha value is -4.21. The molecule has 10 heteroatoms. The smallest absolute Gasteiger partial charge is 0.410 e. The van der Waals surface area contributed by atoms with Gasteiger partial charge in [-0.15, -0.1) is 0 Å². The van der Waals surface area contributed by atoms with Crippen molar-refractivity contribution in [3.05, 3.63) is 65.1 Å². The lowest BCUT2D eigenvalue weighted by molar-refractivity contribution is 0.0240. The molecule has 10 nitrogen and oxygen atoms in total. The van der Waals surface area contributed by atoms with Crippen molar-refractivity contribution in [2.45, 2.75) is 58.1 Å². The van der Waals surface area contributed by atoms with Crippen LogP contribution in [0.4, 0.5) is 10.5 Å². The number of imide groups is 1. The monoisotopic (exact) mass is 584 g/mol. The highest BCUT2D eigenvalue weighted by molar-refractivity contribution is 6.21. The third-order valence-electron chi connectivity index (χ3n) is 8.59. The maximum Gasteiger partial charge on any atom is 0.410 e. The molecule has 2 N–H and O–H groups in total. The number of pyridine rings is 1. The van der Waals surface area contributed by atoms with E-state index in [2.05, 4.69) is 11.0 Å². The van der Waals surface area contributed by atoms with Gasteiger partial charge < -0.3 is 20.3 Å². The molecule has 3 amide bonds. The summed E-state index contributed by atoms with van der Waals surface area (Å²) < 4.78 is 5.56. The molecule has 4 aliphatic rings. The normalized spacial score (nSPS) is 22.9. The summed E-state index contributed by atoms with van der Waals surface area (Å²) in [4.78, 5) is 53.2. The van der Waals surface area contributed by atoms with Crippen LogP contribution in [-0.2, 0) is 4.74 Å². The molecule has 2 aliphatic carbocycles. The fourth-order valence-corrected chi connectivity index (χ4v) is 6.02. The third kappa shape index (κ3) is 6.14. The van der Waals surface area contributed by atoms with E-state index in [0.29, 0.717) is 49.8 Å². The summed E-state index contributed by atoms with van der Waals surface area (Å²) >= 11 is 0. The molecule has 1 aromatic heterocycles. The van der Waals surface area contributed by atoms with Crippen LogP contribution in [0.2, 0.25) is 0 Å². The Balaban J connectivity index is 1.11. The zero-order valence-corrected chi connectivity index (χ0v) is 25.2. The van der Waals surface area contributed by atoms with E-state index in [4.69, 9.17) is 20.4 Å². The Labute approximate surface area is 252 Å². The van der Waals surface area contributed by atoms with Crippen molar-refractivity contribution in [1.82, 2.24) is 14.8 Å². The van der Waals surface area contributed by atoms with Crippen molar-refractivity contribution in [3.8, 4) is 0 Å². The lowest BCUT2D eigenvalue weighted by Crippen LogP contribution is -2.50. The van der Waals surface area contributed by atoms with Gasteiger partial charge in [0.1, 0.15) is 5.60 Å². The third-order valence-corrected chi connectivity index (χ3v) is 8.59. The molecule has 1 saturated heterocycles. The number of carbonyl (C=O) groups excluding carboxylic acids is 3. The maximum atomic E-state index is 12.8. The highest BCUT2D eigenvalue weighted by Crippen LogP contribution is 2.39. The molecule has 0 bridgehead atoms. The fraction of sp³-hybridized carbons (Fsp3) is 0.485. The van der Waals surface area contributed by atoms with E-state index < -0.39 is 5.60 Å². The zero-order chi connectivity index (χ0) is 30.3. The number of ether oxygens (including phenoxy) is 1. The van der Waals surface area contributed by atoms with Gasteiger partial charge in [0, 0.05) is 56.4 Å². The number of hydrogen-bond donors (Lipinski definition) is 1. The first-order valence-electron chi connectivity index (χ1n) is 15.3. The second-order valence-corrected chi connectivity index (χ2v) is 13.0. The number of allylic oxidation sites excluding steroid dienone is 2. The average molecular weight is 585 g/mol. The average Bonchev–Trinajstić information content (AvgIpc) is 3.79. The molecule has 1 aromatic carbocycles. The number of aromatic nitrogens is 1. The first kappa shape index (κ1) is 28.9. The number of piperazine rings is 1. The van der Waals surface area contributed by atoms with Crippen molar-refractivity contribution in [3.63, 3.8) is 0 Å². The molecule has 43 heavy (non-hydrogen) atoms. The second-order valence-electron chi connectivity index (χ2n) is 13.0. The van der Waals surface area contributed by atoms with Crippen LogP contribution in [-0.4, -0.2) is 83.3 Å². The number of aliphatic imine (C=N–C) groups is 1. The van der Waals surface area contributed by atoms with E-state index in [1.54, 1.807) is 35.4 Å². The van der Waals surface area contributed by atoms with Crippen LogP contribution in [0.1, 0.15) is 72.9 Å². The molecular formula is C33H40N6O4. The number of nitrogens with zero attached hydrogens (tertiary/aromatic N) is 5. The lowest BCUT2D eigenvalue weighted by Gasteiger charge is -2.37. The molecule has 226 valence electrons. The number of hydrogen-bond acceptors (Lipinski definition) is 8. The van der Waals surface area contributed by atoms with Gasteiger partial charge in [0.15, 0.2) is 0 Å². The second kappa shape index (κ2) is 11.5. The van der Waals surface area contributed by atoms with Crippen LogP contribution in [0.15, 0.2) is 53.3 Å². The van der Waals surface area contributed by atoms with Gasteiger partial charge in [0.05, 0.1) is 28.6 Å². The standard InChI is InChI=1S/C33H40N6O4/c1-33(2,3)43-32(42)38-15-13-37(14-16-38)27-9-6-12-35-29(27)26(28(34)22-10-11-22)19-36-23-17-21(18-23)20-39-30(40)24-7-4-5-8-25(24)31(39)41/h4-9,12,19,21-23H,10-11,13-18,20,34H2,1-3H3. The molecule has 2 saturated carbocycles. The van der Waals surface area contributed by atoms with Crippen molar-refractivity contribution in [1.29, 1.82) is 0 Å². The number of benzene rings is 1. The minimum atomic E-state index is -0.528. The number of nitrogens with two attached hydrogens (primary N) is 1. The number of anilines is 1. The Morgan fingerprint density at radius 2 is 1.67 bits per heavy atom. The van der Waals surface area contributed by atoms with Gasteiger partial charge >= 0.3 is 6.09 Å². The molecule has 0 unspecified atom stereocenters. The summed E-state index contributed by atoms with van der Waals surface area (Å²) in [7, 11) is 0. The van der Waals surface area contributed by atoms with Gasteiger partial charge in [0.25, 0.3) is 11.8 Å². The van der Waals surface area contributed by atoms with E-state index in [1.807, 2.05) is 33.1 Å². The van der Waals surface area contributed by atoms with E-state index in [-0.39, 0.29) is 29.9 Å². The summed E-state index contributed by atoms with van der Waals surface area (Å²) in [5.74, 6) is 0.154.